The highest BCUT2D eigenvalue weighted by Crippen LogP contribution is 2.14. The second-order valence-electron chi connectivity index (χ2n) is 4.02. The summed E-state index contributed by atoms with van der Waals surface area (Å²) in [5, 5.41) is 3.29. The van der Waals surface area contributed by atoms with Crippen LogP contribution in [0.4, 0.5) is 0 Å². The van der Waals surface area contributed by atoms with E-state index < -0.39 is 0 Å². The van der Waals surface area contributed by atoms with E-state index in [1.165, 1.54) is 32.4 Å². The zero-order valence-electron chi connectivity index (χ0n) is 8.64. The van der Waals surface area contributed by atoms with Gasteiger partial charge in [0.15, 0.2) is 0 Å². The fourth-order valence-corrected chi connectivity index (χ4v) is 1.96. The lowest BCUT2D eigenvalue weighted by atomic mass is 10.1. The van der Waals surface area contributed by atoms with Gasteiger partial charge in [-0.15, -0.1) is 0 Å². The summed E-state index contributed by atoms with van der Waals surface area (Å²) in [5.41, 5.74) is 0. The monoisotopic (exact) mass is 170 g/mol. The predicted octanol–water partition coefficient (Wildman–Crippen LogP) is 1.47. The van der Waals surface area contributed by atoms with Gasteiger partial charge >= 0.3 is 0 Å². The van der Waals surface area contributed by atoms with Gasteiger partial charge in [-0.05, 0) is 53.2 Å². The van der Waals surface area contributed by atoms with Crippen molar-refractivity contribution in [1.82, 2.24) is 10.2 Å². The standard InChI is InChI=1S/C10H22N2/c1-9(11-3)8-10(2)12-6-4-5-7-12/h9-11H,4-8H2,1-3H3. The first kappa shape index (κ1) is 10.0. The first-order chi connectivity index (χ1) is 5.74. The molecule has 1 N–H and O–H groups in total. The van der Waals surface area contributed by atoms with E-state index in [-0.39, 0.29) is 0 Å². The van der Waals surface area contributed by atoms with E-state index >= 15 is 0 Å². The van der Waals surface area contributed by atoms with Crippen LogP contribution in [0.1, 0.15) is 33.1 Å². The Morgan fingerprint density at radius 2 is 1.83 bits per heavy atom. The van der Waals surface area contributed by atoms with Crippen molar-refractivity contribution in [1.29, 1.82) is 0 Å². The summed E-state index contributed by atoms with van der Waals surface area (Å²) in [6.45, 7) is 7.24. The van der Waals surface area contributed by atoms with Crippen LogP contribution in [0.2, 0.25) is 0 Å². The molecule has 2 nitrogen and oxygen atoms in total. The van der Waals surface area contributed by atoms with Gasteiger partial charge in [-0.25, -0.2) is 0 Å². The van der Waals surface area contributed by atoms with Crippen LogP contribution in [0.5, 0.6) is 0 Å². The van der Waals surface area contributed by atoms with E-state index in [0.717, 1.165) is 6.04 Å². The summed E-state index contributed by atoms with van der Waals surface area (Å²) >= 11 is 0. The Morgan fingerprint density at radius 3 is 2.33 bits per heavy atom. The molecule has 1 saturated heterocycles. The Morgan fingerprint density at radius 1 is 1.25 bits per heavy atom. The first-order valence-corrected chi connectivity index (χ1v) is 5.15. The normalized spacial score (nSPS) is 24.2. The first-order valence-electron chi connectivity index (χ1n) is 5.15. The number of nitrogens with one attached hydrogen (secondary N) is 1. The third-order valence-electron chi connectivity index (χ3n) is 2.95. The summed E-state index contributed by atoms with van der Waals surface area (Å²) in [4.78, 5) is 2.60. The minimum atomic E-state index is 0.653. The number of hydrogen-bond donors (Lipinski definition) is 1. The smallest absolute Gasteiger partial charge is 0.00816 e. The van der Waals surface area contributed by atoms with Crippen molar-refractivity contribution in [2.45, 2.75) is 45.2 Å². The second-order valence-corrected chi connectivity index (χ2v) is 4.02. The van der Waals surface area contributed by atoms with Gasteiger partial charge in [0.2, 0.25) is 0 Å². The van der Waals surface area contributed by atoms with E-state index in [2.05, 4.69) is 24.1 Å². The maximum Gasteiger partial charge on any atom is 0.00816 e. The van der Waals surface area contributed by atoms with Crippen molar-refractivity contribution < 1.29 is 0 Å². The quantitative estimate of drug-likeness (QED) is 0.687. The van der Waals surface area contributed by atoms with Gasteiger partial charge in [0.05, 0.1) is 0 Å². The molecule has 72 valence electrons. The SMILES string of the molecule is CNC(C)CC(C)N1CCCC1. The zero-order valence-corrected chi connectivity index (χ0v) is 8.64. The van der Waals surface area contributed by atoms with E-state index in [1.807, 2.05) is 7.05 Å². The van der Waals surface area contributed by atoms with Crippen LogP contribution in [0.3, 0.4) is 0 Å². The molecule has 0 aromatic carbocycles. The molecular formula is C10H22N2. The average molecular weight is 170 g/mol. The molecule has 1 aliphatic rings. The lowest BCUT2D eigenvalue weighted by Gasteiger charge is -2.26. The second kappa shape index (κ2) is 4.83. The minimum absolute atomic E-state index is 0.653. The van der Waals surface area contributed by atoms with Crippen molar-refractivity contribution >= 4 is 0 Å². The minimum Gasteiger partial charge on any atom is -0.317 e. The number of nitrogens with zero attached hydrogens (tertiary/aromatic N) is 1. The highest BCUT2D eigenvalue weighted by molar-refractivity contribution is 4.75. The Balaban J connectivity index is 2.21. The molecule has 2 unspecified atom stereocenters. The molecule has 0 aromatic heterocycles. The average Bonchev–Trinajstić information content (AvgIpc) is 2.56. The topological polar surface area (TPSA) is 15.3 Å². The third-order valence-corrected chi connectivity index (χ3v) is 2.95. The summed E-state index contributed by atoms with van der Waals surface area (Å²) in [6, 6.07) is 1.41. The molecular weight excluding hydrogens is 148 g/mol. The molecule has 1 heterocycles. The molecule has 1 fully saturated rings. The van der Waals surface area contributed by atoms with Crippen LogP contribution >= 0.6 is 0 Å². The molecule has 0 aliphatic carbocycles. The third kappa shape index (κ3) is 2.76. The van der Waals surface area contributed by atoms with Gasteiger partial charge in [0.25, 0.3) is 0 Å². The van der Waals surface area contributed by atoms with Gasteiger partial charge in [-0.1, -0.05) is 0 Å². The van der Waals surface area contributed by atoms with Crippen molar-refractivity contribution in [2.75, 3.05) is 20.1 Å². The summed E-state index contributed by atoms with van der Waals surface area (Å²) in [6.07, 6.45) is 4.08. The Bertz CT molecular complexity index is 119. The number of rotatable bonds is 4. The molecule has 1 aliphatic heterocycles. The summed E-state index contributed by atoms with van der Waals surface area (Å²) in [5.74, 6) is 0. The fraction of sp³-hybridized carbons (Fsp3) is 1.00. The van der Waals surface area contributed by atoms with Crippen LogP contribution in [-0.2, 0) is 0 Å². The molecule has 0 aromatic rings. The summed E-state index contributed by atoms with van der Waals surface area (Å²) < 4.78 is 0. The maximum atomic E-state index is 3.29. The van der Waals surface area contributed by atoms with Crippen molar-refractivity contribution in [3.63, 3.8) is 0 Å². The lowest BCUT2D eigenvalue weighted by Crippen LogP contribution is -2.36. The van der Waals surface area contributed by atoms with Gasteiger partial charge in [-0.2, -0.15) is 0 Å². The molecule has 0 spiro atoms. The van der Waals surface area contributed by atoms with E-state index in [0.29, 0.717) is 6.04 Å². The van der Waals surface area contributed by atoms with Crippen LogP contribution in [0.25, 0.3) is 0 Å². The van der Waals surface area contributed by atoms with Crippen molar-refractivity contribution in [3.05, 3.63) is 0 Å². The van der Waals surface area contributed by atoms with E-state index in [9.17, 15) is 0 Å². The van der Waals surface area contributed by atoms with Gasteiger partial charge in [0, 0.05) is 12.1 Å². The van der Waals surface area contributed by atoms with Gasteiger partial charge in [-0.3, -0.25) is 0 Å². The van der Waals surface area contributed by atoms with E-state index in [1.54, 1.807) is 0 Å². The summed E-state index contributed by atoms with van der Waals surface area (Å²) in [7, 11) is 2.04. The Labute approximate surface area is 76.3 Å². The van der Waals surface area contributed by atoms with Gasteiger partial charge in [0.1, 0.15) is 0 Å². The van der Waals surface area contributed by atoms with E-state index in [4.69, 9.17) is 0 Å². The number of hydrogen-bond acceptors (Lipinski definition) is 2. The highest BCUT2D eigenvalue weighted by atomic mass is 15.2. The van der Waals surface area contributed by atoms with Crippen molar-refractivity contribution in [2.24, 2.45) is 0 Å². The fourth-order valence-electron chi connectivity index (χ4n) is 1.96. The molecule has 2 heteroatoms. The largest absolute Gasteiger partial charge is 0.317 e. The van der Waals surface area contributed by atoms with Crippen LogP contribution in [0, 0.1) is 0 Å². The molecule has 1 rings (SSSR count). The van der Waals surface area contributed by atoms with Crippen LogP contribution in [0.15, 0.2) is 0 Å². The predicted molar refractivity (Wildman–Crippen MR) is 53.4 cm³/mol. The molecule has 0 amide bonds. The molecule has 2 atom stereocenters. The Hall–Kier alpha value is -0.0800. The molecule has 0 saturated carbocycles. The molecule has 0 radical (unpaired) electrons. The number of likely N-dealkylation sites (tertiary alicyclic amines) is 1. The van der Waals surface area contributed by atoms with Crippen LogP contribution in [-0.4, -0.2) is 37.1 Å². The zero-order chi connectivity index (χ0) is 8.97. The maximum absolute atomic E-state index is 3.29. The van der Waals surface area contributed by atoms with Crippen LogP contribution < -0.4 is 5.32 Å². The Kier molecular flexibility index (Phi) is 4.02. The lowest BCUT2D eigenvalue weighted by molar-refractivity contribution is 0.233. The molecule has 0 bridgehead atoms. The van der Waals surface area contributed by atoms with Gasteiger partial charge < -0.3 is 10.2 Å². The molecule has 12 heavy (non-hydrogen) atoms. The highest BCUT2D eigenvalue weighted by Gasteiger charge is 2.18. The van der Waals surface area contributed by atoms with Crippen molar-refractivity contribution in [3.8, 4) is 0 Å².